The van der Waals surface area contributed by atoms with Gasteiger partial charge in [-0.2, -0.15) is 0 Å². The fourth-order valence-corrected chi connectivity index (χ4v) is 6.18. The Hall–Kier alpha value is -3.77. The standard InChI is InChI=1S/C29H25N5S/c1-2-8-20(9-3-1)30-29-34-33-28(35-29)19-16-14-18(15-17-19)27-31-25-23-12-6-4-10-21(23)22-11-5-7-13-24(22)26(25)32-27/h4-7,10-17,20H,1-3,8-9H2,(H,30,34)(H,31,32). The van der Waals surface area contributed by atoms with Crippen LogP contribution in [0.25, 0.3) is 54.5 Å². The second-order valence-electron chi connectivity index (χ2n) is 9.37. The third kappa shape index (κ3) is 3.65. The molecule has 5 nitrogen and oxygen atoms in total. The molecule has 1 aliphatic rings. The van der Waals surface area contributed by atoms with Crippen LogP contribution in [0.2, 0.25) is 0 Å². The molecule has 172 valence electrons. The van der Waals surface area contributed by atoms with E-state index in [0.29, 0.717) is 6.04 Å². The first-order valence-corrected chi connectivity index (χ1v) is 13.2. The number of hydrogen-bond donors (Lipinski definition) is 2. The molecule has 0 atom stereocenters. The molecule has 2 N–H and O–H groups in total. The van der Waals surface area contributed by atoms with Crippen molar-refractivity contribution in [2.45, 2.75) is 38.1 Å². The lowest BCUT2D eigenvalue weighted by Gasteiger charge is -2.21. The van der Waals surface area contributed by atoms with Gasteiger partial charge in [0, 0.05) is 27.9 Å². The highest BCUT2D eigenvalue weighted by molar-refractivity contribution is 7.18. The number of rotatable bonds is 4. The fourth-order valence-electron chi connectivity index (χ4n) is 5.35. The van der Waals surface area contributed by atoms with Crippen LogP contribution in [0.15, 0.2) is 72.8 Å². The molecule has 1 fully saturated rings. The second-order valence-corrected chi connectivity index (χ2v) is 10.3. The lowest BCUT2D eigenvalue weighted by Crippen LogP contribution is -2.21. The van der Waals surface area contributed by atoms with E-state index in [9.17, 15) is 0 Å². The van der Waals surface area contributed by atoms with E-state index >= 15 is 0 Å². The summed E-state index contributed by atoms with van der Waals surface area (Å²) < 4.78 is 0. The van der Waals surface area contributed by atoms with Gasteiger partial charge in [-0.25, -0.2) is 4.98 Å². The zero-order valence-corrected chi connectivity index (χ0v) is 20.1. The summed E-state index contributed by atoms with van der Waals surface area (Å²) in [5.74, 6) is 0.880. The van der Waals surface area contributed by atoms with Gasteiger partial charge in [-0.05, 0) is 23.6 Å². The highest BCUT2D eigenvalue weighted by Crippen LogP contribution is 2.36. The molecule has 0 aliphatic heterocycles. The van der Waals surface area contributed by atoms with Crippen LogP contribution >= 0.6 is 11.3 Å². The van der Waals surface area contributed by atoms with Crippen LogP contribution in [0.1, 0.15) is 32.1 Å². The van der Waals surface area contributed by atoms with Crippen molar-refractivity contribution >= 4 is 49.0 Å². The summed E-state index contributed by atoms with van der Waals surface area (Å²) in [6.45, 7) is 0. The monoisotopic (exact) mass is 475 g/mol. The molecular formula is C29H25N5S. The minimum Gasteiger partial charge on any atom is -0.357 e. The number of nitrogens with zero attached hydrogens (tertiary/aromatic N) is 3. The first-order chi connectivity index (χ1) is 17.3. The van der Waals surface area contributed by atoms with Crippen LogP contribution in [0, 0.1) is 0 Å². The number of nitrogens with one attached hydrogen (secondary N) is 2. The van der Waals surface area contributed by atoms with Gasteiger partial charge >= 0.3 is 0 Å². The van der Waals surface area contributed by atoms with Crippen molar-refractivity contribution in [3.05, 3.63) is 72.8 Å². The van der Waals surface area contributed by atoms with Crippen LogP contribution in [0.5, 0.6) is 0 Å². The van der Waals surface area contributed by atoms with Crippen molar-refractivity contribution in [3.63, 3.8) is 0 Å². The topological polar surface area (TPSA) is 66.5 Å². The van der Waals surface area contributed by atoms with E-state index in [1.54, 1.807) is 11.3 Å². The Morgan fingerprint density at radius 2 is 1.37 bits per heavy atom. The molecule has 0 radical (unpaired) electrons. The molecule has 1 saturated carbocycles. The van der Waals surface area contributed by atoms with Crippen molar-refractivity contribution in [2.24, 2.45) is 0 Å². The molecule has 2 heterocycles. The summed E-state index contributed by atoms with van der Waals surface area (Å²) in [5, 5.41) is 19.1. The summed E-state index contributed by atoms with van der Waals surface area (Å²) in [7, 11) is 0. The van der Waals surface area contributed by atoms with E-state index in [1.807, 2.05) is 0 Å². The van der Waals surface area contributed by atoms with Crippen molar-refractivity contribution in [2.75, 3.05) is 5.32 Å². The summed E-state index contributed by atoms with van der Waals surface area (Å²) in [6, 6.07) is 26.1. The molecule has 2 aromatic heterocycles. The average molecular weight is 476 g/mol. The van der Waals surface area contributed by atoms with E-state index in [4.69, 9.17) is 4.98 Å². The Morgan fingerprint density at radius 1 is 0.714 bits per heavy atom. The summed E-state index contributed by atoms with van der Waals surface area (Å²) in [4.78, 5) is 8.65. The van der Waals surface area contributed by atoms with Gasteiger partial charge in [-0.1, -0.05) is 103 Å². The van der Waals surface area contributed by atoms with Crippen molar-refractivity contribution in [1.82, 2.24) is 20.2 Å². The van der Waals surface area contributed by atoms with Crippen molar-refractivity contribution in [3.8, 4) is 22.0 Å². The molecule has 0 spiro atoms. The molecular weight excluding hydrogens is 450 g/mol. The highest BCUT2D eigenvalue weighted by atomic mass is 32.1. The Labute approximate surface area is 207 Å². The summed E-state index contributed by atoms with van der Waals surface area (Å²) >= 11 is 1.63. The third-order valence-electron chi connectivity index (χ3n) is 7.14. The summed E-state index contributed by atoms with van der Waals surface area (Å²) in [6.07, 6.45) is 6.41. The van der Waals surface area contributed by atoms with Crippen LogP contribution in [0.3, 0.4) is 0 Å². The minimum absolute atomic E-state index is 0.534. The van der Waals surface area contributed by atoms with Crippen LogP contribution in [0.4, 0.5) is 5.13 Å². The molecule has 7 rings (SSSR count). The SMILES string of the molecule is c1ccc2c(c1)c1ccccc1c1[nH]c(-c3ccc(-c4nnc(NC5CCCCC5)s4)cc3)nc21. The van der Waals surface area contributed by atoms with Crippen LogP contribution in [-0.4, -0.2) is 26.2 Å². The Balaban J connectivity index is 1.23. The predicted octanol–water partition coefficient (Wildman–Crippen LogP) is 7.80. The van der Waals surface area contributed by atoms with Crippen LogP contribution in [-0.2, 0) is 0 Å². The number of fused-ring (bicyclic) bond motifs is 6. The number of H-pyrrole nitrogens is 1. The molecule has 6 heteroatoms. The van der Waals surface area contributed by atoms with Gasteiger partial charge < -0.3 is 10.3 Å². The maximum Gasteiger partial charge on any atom is 0.206 e. The first kappa shape index (κ1) is 20.6. The van der Waals surface area contributed by atoms with E-state index in [0.717, 1.165) is 38.1 Å². The molecule has 0 saturated heterocycles. The van der Waals surface area contributed by atoms with Gasteiger partial charge in [-0.15, -0.1) is 10.2 Å². The minimum atomic E-state index is 0.534. The van der Waals surface area contributed by atoms with Gasteiger partial charge in [0.1, 0.15) is 10.8 Å². The van der Waals surface area contributed by atoms with Crippen molar-refractivity contribution < 1.29 is 0 Å². The van der Waals surface area contributed by atoms with E-state index < -0.39 is 0 Å². The Bertz CT molecular complexity index is 1590. The number of imidazole rings is 1. The highest BCUT2D eigenvalue weighted by Gasteiger charge is 2.16. The second kappa shape index (κ2) is 8.47. The summed E-state index contributed by atoms with van der Waals surface area (Å²) in [5.41, 5.74) is 4.24. The third-order valence-corrected chi connectivity index (χ3v) is 8.04. The molecule has 6 aromatic rings. The molecule has 35 heavy (non-hydrogen) atoms. The first-order valence-electron chi connectivity index (χ1n) is 12.3. The van der Waals surface area contributed by atoms with E-state index in [-0.39, 0.29) is 0 Å². The van der Waals surface area contributed by atoms with Gasteiger partial charge in [0.25, 0.3) is 0 Å². The smallest absolute Gasteiger partial charge is 0.206 e. The molecule has 0 bridgehead atoms. The number of aromatic amines is 1. The maximum absolute atomic E-state index is 5.04. The number of hydrogen-bond acceptors (Lipinski definition) is 5. The van der Waals surface area contributed by atoms with E-state index in [1.165, 1.54) is 53.6 Å². The van der Waals surface area contributed by atoms with E-state index in [2.05, 4.69) is 93.3 Å². The van der Waals surface area contributed by atoms with Gasteiger partial charge in [-0.3, -0.25) is 0 Å². The van der Waals surface area contributed by atoms with Crippen LogP contribution < -0.4 is 5.32 Å². The van der Waals surface area contributed by atoms with Gasteiger partial charge in [0.2, 0.25) is 5.13 Å². The Kier molecular flexibility index (Phi) is 4.98. The Morgan fingerprint density at radius 3 is 2.14 bits per heavy atom. The quantitative estimate of drug-likeness (QED) is 0.255. The molecule has 4 aromatic carbocycles. The number of benzene rings is 4. The fraction of sp³-hybridized carbons (Fsp3) is 0.207. The lowest BCUT2D eigenvalue weighted by molar-refractivity contribution is 0.462. The number of aromatic nitrogens is 4. The zero-order valence-electron chi connectivity index (χ0n) is 19.3. The molecule has 1 aliphatic carbocycles. The van der Waals surface area contributed by atoms with Gasteiger partial charge in [0.05, 0.1) is 11.0 Å². The maximum atomic E-state index is 5.04. The zero-order chi connectivity index (χ0) is 23.2. The van der Waals surface area contributed by atoms with Gasteiger partial charge in [0.15, 0.2) is 0 Å². The molecule has 0 amide bonds. The normalized spacial score (nSPS) is 14.7. The number of anilines is 1. The lowest BCUT2D eigenvalue weighted by atomic mass is 9.96. The predicted molar refractivity (Wildman–Crippen MR) is 146 cm³/mol. The molecule has 0 unspecified atom stereocenters. The average Bonchev–Trinajstić information content (AvgIpc) is 3.58. The largest absolute Gasteiger partial charge is 0.357 e. The van der Waals surface area contributed by atoms with Crippen molar-refractivity contribution in [1.29, 1.82) is 0 Å².